The van der Waals surface area contributed by atoms with Crippen molar-refractivity contribution in [3.63, 3.8) is 0 Å². The lowest BCUT2D eigenvalue weighted by Crippen LogP contribution is -1.96. The van der Waals surface area contributed by atoms with Crippen LogP contribution in [-0.4, -0.2) is 22.2 Å². The maximum atomic E-state index is 5.73. The summed E-state index contributed by atoms with van der Waals surface area (Å²) in [5.41, 5.74) is 6.88. The molecule has 0 saturated carbocycles. The van der Waals surface area contributed by atoms with Gasteiger partial charge in [0.05, 0.1) is 0 Å². The molecule has 0 unspecified atom stereocenters. The fourth-order valence-electron chi connectivity index (χ4n) is 1.02. The van der Waals surface area contributed by atoms with Gasteiger partial charge in [-0.15, -0.1) is 0 Å². The van der Waals surface area contributed by atoms with E-state index < -0.39 is 0 Å². The molecule has 4 heteroatoms. The first-order valence-corrected chi connectivity index (χ1v) is 7.00. The van der Waals surface area contributed by atoms with E-state index in [0.717, 1.165) is 11.3 Å². The molecule has 0 aliphatic rings. The zero-order chi connectivity index (χ0) is 10.2. The predicted octanol–water partition coefficient (Wildman–Crippen LogP) is 2.65. The van der Waals surface area contributed by atoms with Crippen LogP contribution in [0, 0.1) is 0 Å². The zero-order valence-electron chi connectivity index (χ0n) is 8.40. The average Bonchev–Trinajstić information content (AvgIpc) is 2.20. The maximum Gasteiger partial charge on any atom is 0.127 e. The van der Waals surface area contributed by atoms with Crippen LogP contribution in [0.3, 0.4) is 0 Å². The summed E-state index contributed by atoms with van der Waals surface area (Å²) in [5.74, 6) is 5.26. The molecule has 1 heterocycles. The van der Waals surface area contributed by atoms with Crippen molar-refractivity contribution in [3.05, 3.63) is 23.9 Å². The molecular formula is C10H16N2S2. The summed E-state index contributed by atoms with van der Waals surface area (Å²) in [4.78, 5) is 4.05. The highest BCUT2D eigenvalue weighted by molar-refractivity contribution is 8.02. The molecule has 0 aliphatic heterocycles. The number of nitrogen functional groups attached to an aromatic ring is 1. The predicted molar refractivity (Wildman–Crippen MR) is 67.8 cm³/mol. The number of thioether (sulfide) groups is 2. The van der Waals surface area contributed by atoms with Crippen LogP contribution in [0.25, 0.3) is 0 Å². The van der Waals surface area contributed by atoms with Gasteiger partial charge in [-0.25, -0.2) is 4.98 Å². The number of pyridine rings is 1. The van der Waals surface area contributed by atoms with Gasteiger partial charge in [0, 0.05) is 29.0 Å². The molecule has 0 aliphatic carbocycles. The standard InChI is InChI=1S/C10H16N2S2/c1-2-13-6-7-14-8-9-4-3-5-12-10(9)11/h3-5H,2,6-8H2,1H3,(H2,11,12). The molecule has 1 aromatic heterocycles. The molecule has 1 rings (SSSR count). The van der Waals surface area contributed by atoms with Crippen molar-refractivity contribution in [2.75, 3.05) is 23.0 Å². The topological polar surface area (TPSA) is 38.9 Å². The quantitative estimate of drug-likeness (QED) is 0.760. The second-order valence-electron chi connectivity index (χ2n) is 2.80. The number of hydrogen-bond acceptors (Lipinski definition) is 4. The number of aromatic nitrogens is 1. The van der Waals surface area contributed by atoms with Gasteiger partial charge < -0.3 is 5.73 Å². The molecule has 0 amide bonds. The van der Waals surface area contributed by atoms with E-state index >= 15 is 0 Å². The van der Waals surface area contributed by atoms with E-state index in [1.165, 1.54) is 17.3 Å². The van der Waals surface area contributed by atoms with Gasteiger partial charge in [0.15, 0.2) is 0 Å². The van der Waals surface area contributed by atoms with E-state index in [-0.39, 0.29) is 0 Å². The number of anilines is 1. The van der Waals surface area contributed by atoms with Gasteiger partial charge >= 0.3 is 0 Å². The molecule has 1 aromatic rings. The second-order valence-corrected chi connectivity index (χ2v) is 5.30. The summed E-state index contributed by atoms with van der Waals surface area (Å²) >= 11 is 3.90. The van der Waals surface area contributed by atoms with Crippen molar-refractivity contribution >= 4 is 29.3 Å². The fraction of sp³-hybridized carbons (Fsp3) is 0.500. The summed E-state index contributed by atoms with van der Waals surface area (Å²) in [6.45, 7) is 2.19. The highest BCUT2D eigenvalue weighted by Crippen LogP contribution is 2.17. The lowest BCUT2D eigenvalue weighted by molar-refractivity contribution is 1.26. The molecule has 0 saturated heterocycles. The van der Waals surface area contributed by atoms with E-state index in [9.17, 15) is 0 Å². The SMILES string of the molecule is CCSCCSCc1cccnc1N. The van der Waals surface area contributed by atoms with Crippen molar-refractivity contribution in [2.45, 2.75) is 12.7 Å². The molecule has 0 atom stereocenters. The van der Waals surface area contributed by atoms with Gasteiger partial charge in [-0.2, -0.15) is 23.5 Å². The maximum absolute atomic E-state index is 5.73. The van der Waals surface area contributed by atoms with Crippen LogP contribution in [0.4, 0.5) is 5.82 Å². The fourth-order valence-corrected chi connectivity index (χ4v) is 2.86. The minimum Gasteiger partial charge on any atom is -0.383 e. The van der Waals surface area contributed by atoms with Gasteiger partial charge in [0.1, 0.15) is 5.82 Å². The lowest BCUT2D eigenvalue weighted by Gasteiger charge is -2.03. The van der Waals surface area contributed by atoms with Crippen LogP contribution in [0.2, 0.25) is 0 Å². The van der Waals surface area contributed by atoms with Crippen LogP contribution in [0.1, 0.15) is 12.5 Å². The molecule has 0 spiro atoms. The Labute approximate surface area is 94.1 Å². The molecule has 78 valence electrons. The van der Waals surface area contributed by atoms with E-state index in [1.807, 2.05) is 35.7 Å². The molecule has 14 heavy (non-hydrogen) atoms. The normalized spacial score (nSPS) is 10.4. The molecule has 2 N–H and O–H groups in total. The van der Waals surface area contributed by atoms with Gasteiger partial charge in [-0.05, 0) is 11.8 Å². The minimum absolute atomic E-state index is 0.670. The highest BCUT2D eigenvalue weighted by Gasteiger charge is 1.98. The van der Waals surface area contributed by atoms with Crippen molar-refractivity contribution in [1.29, 1.82) is 0 Å². The number of nitrogens with zero attached hydrogens (tertiary/aromatic N) is 1. The number of hydrogen-bond donors (Lipinski definition) is 1. The van der Waals surface area contributed by atoms with Crippen LogP contribution >= 0.6 is 23.5 Å². The first-order valence-electron chi connectivity index (χ1n) is 4.69. The Morgan fingerprint density at radius 2 is 2.14 bits per heavy atom. The summed E-state index contributed by atoms with van der Waals surface area (Å²) in [7, 11) is 0. The van der Waals surface area contributed by atoms with Crippen LogP contribution in [-0.2, 0) is 5.75 Å². The third-order valence-corrected chi connectivity index (χ3v) is 3.93. The van der Waals surface area contributed by atoms with E-state index in [1.54, 1.807) is 6.20 Å². The Morgan fingerprint density at radius 3 is 2.86 bits per heavy atom. The first kappa shape index (κ1) is 11.7. The largest absolute Gasteiger partial charge is 0.383 e. The average molecular weight is 228 g/mol. The van der Waals surface area contributed by atoms with Crippen molar-refractivity contribution < 1.29 is 0 Å². The summed E-state index contributed by atoms with van der Waals surface area (Å²) < 4.78 is 0. The Hall–Kier alpha value is -0.350. The van der Waals surface area contributed by atoms with Crippen molar-refractivity contribution in [1.82, 2.24) is 4.98 Å². The Bertz CT molecular complexity index is 266. The smallest absolute Gasteiger partial charge is 0.127 e. The molecular weight excluding hydrogens is 212 g/mol. The Balaban J connectivity index is 2.21. The Morgan fingerprint density at radius 1 is 1.36 bits per heavy atom. The van der Waals surface area contributed by atoms with Gasteiger partial charge in [0.25, 0.3) is 0 Å². The first-order chi connectivity index (χ1) is 6.84. The molecule has 0 radical (unpaired) electrons. The van der Waals surface area contributed by atoms with Crippen LogP contribution in [0.15, 0.2) is 18.3 Å². The van der Waals surface area contributed by atoms with E-state index in [2.05, 4.69) is 11.9 Å². The third kappa shape index (κ3) is 4.24. The molecule has 2 nitrogen and oxygen atoms in total. The van der Waals surface area contributed by atoms with Crippen molar-refractivity contribution in [3.8, 4) is 0 Å². The number of rotatable bonds is 6. The third-order valence-electron chi connectivity index (χ3n) is 1.76. The molecule has 0 aromatic carbocycles. The highest BCUT2D eigenvalue weighted by atomic mass is 32.2. The molecule has 0 fully saturated rings. The molecule has 0 bridgehead atoms. The van der Waals surface area contributed by atoms with E-state index in [0.29, 0.717) is 5.82 Å². The number of nitrogens with two attached hydrogens (primary N) is 1. The Kier molecular flexibility index (Phi) is 5.87. The van der Waals surface area contributed by atoms with Crippen molar-refractivity contribution in [2.24, 2.45) is 0 Å². The summed E-state index contributed by atoms with van der Waals surface area (Å²) in [6, 6.07) is 3.98. The van der Waals surface area contributed by atoms with Crippen LogP contribution in [0.5, 0.6) is 0 Å². The van der Waals surface area contributed by atoms with Gasteiger partial charge in [-0.3, -0.25) is 0 Å². The second kappa shape index (κ2) is 7.01. The lowest BCUT2D eigenvalue weighted by atomic mass is 10.3. The van der Waals surface area contributed by atoms with Crippen LogP contribution < -0.4 is 5.73 Å². The van der Waals surface area contributed by atoms with Gasteiger partial charge in [0.2, 0.25) is 0 Å². The monoisotopic (exact) mass is 228 g/mol. The summed E-state index contributed by atoms with van der Waals surface area (Å²) in [5, 5.41) is 0. The summed E-state index contributed by atoms with van der Waals surface area (Å²) in [6.07, 6.45) is 1.73. The van der Waals surface area contributed by atoms with Gasteiger partial charge in [-0.1, -0.05) is 13.0 Å². The zero-order valence-corrected chi connectivity index (χ0v) is 10.0. The van der Waals surface area contributed by atoms with E-state index in [4.69, 9.17) is 5.73 Å². The minimum atomic E-state index is 0.670.